The van der Waals surface area contributed by atoms with Crippen LogP contribution in [-0.2, 0) is 6.54 Å². The first-order valence-corrected chi connectivity index (χ1v) is 10.5. The molecule has 0 fully saturated rings. The van der Waals surface area contributed by atoms with Gasteiger partial charge in [0.05, 0.1) is 11.4 Å². The van der Waals surface area contributed by atoms with Crippen LogP contribution in [0.5, 0.6) is 0 Å². The van der Waals surface area contributed by atoms with Gasteiger partial charge in [-0.1, -0.05) is 54.6 Å². The number of hydrogen-bond donors (Lipinski definition) is 0. The van der Waals surface area contributed by atoms with E-state index in [0.717, 1.165) is 22.5 Å². The number of carbonyl (C=O) groups excluding carboxylic acids is 1. The zero-order valence-corrected chi connectivity index (χ0v) is 18.0. The molecular formula is C26H21N5O2. The van der Waals surface area contributed by atoms with Crippen LogP contribution in [-0.4, -0.2) is 37.0 Å². The number of fused-ring (bicyclic) bond motifs is 1. The van der Waals surface area contributed by atoms with Crippen LogP contribution in [0.2, 0.25) is 0 Å². The summed E-state index contributed by atoms with van der Waals surface area (Å²) in [7, 11) is 1.68. The molecule has 0 atom stereocenters. The van der Waals surface area contributed by atoms with Crippen molar-refractivity contribution >= 4 is 11.6 Å². The number of benzene rings is 2. The van der Waals surface area contributed by atoms with E-state index in [4.69, 9.17) is 5.10 Å². The molecule has 0 bridgehead atoms. The van der Waals surface area contributed by atoms with E-state index in [0.29, 0.717) is 5.65 Å². The van der Waals surface area contributed by atoms with Crippen molar-refractivity contribution in [2.24, 2.45) is 0 Å². The van der Waals surface area contributed by atoms with E-state index in [-0.39, 0.29) is 17.7 Å². The molecule has 2 aromatic carbocycles. The Hall–Kier alpha value is -4.52. The molecule has 33 heavy (non-hydrogen) atoms. The van der Waals surface area contributed by atoms with Crippen LogP contribution < -0.4 is 5.56 Å². The van der Waals surface area contributed by atoms with E-state index < -0.39 is 5.91 Å². The first-order valence-electron chi connectivity index (χ1n) is 10.5. The van der Waals surface area contributed by atoms with Gasteiger partial charge in [0.2, 0.25) is 0 Å². The zero-order chi connectivity index (χ0) is 22.8. The Morgan fingerprint density at radius 3 is 2.39 bits per heavy atom. The molecule has 7 nitrogen and oxygen atoms in total. The Bertz CT molecular complexity index is 1490. The van der Waals surface area contributed by atoms with Gasteiger partial charge in [0, 0.05) is 43.3 Å². The highest BCUT2D eigenvalue weighted by molar-refractivity contribution is 5.93. The third-order valence-corrected chi connectivity index (χ3v) is 5.46. The fourth-order valence-electron chi connectivity index (χ4n) is 3.78. The van der Waals surface area contributed by atoms with Gasteiger partial charge < -0.3 is 4.90 Å². The quantitative estimate of drug-likeness (QED) is 0.421. The number of nitrogens with zero attached hydrogens (tertiary/aromatic N) is 5. The molecule has 0 spiro atoms. The monoisotopic (exact) mass is 435 g/mol. The van der Waals surface area contributed by atoms with E-state index in [2.05, 4.69) is 4.98 Å². The van der Waals surface area contributed by atoms with E-state index in [9.17, 15) is 9.59 Å². The molecule has 3 heterocycles. The van der Waals surface area contributed by atoms with Crippen LogP contribution in [0.1, 0.15) is 15.9 Å². The number of para-hydroxylation sites is 1. The summed E-state index contributed by atoms with van der Waals surface area (Å²) in [5.41, 5.74) is 3.67. The molecule has 0 aliphatic carbocycles. The van der Waals surface area contributed by atoms with Gasteiger partial charge in [-0.15, -0.1) is 0 Å². The largest absolute Gasteiger partial charge is 0.337 e. The van der Waals surface area contributed by atoms with Crippen molar-refractivity contribution in [1.82, 2.24) is 24.1 Å². The van der Waals surface area contributed by atoms with Gasteiger partial charge in [-0.05, 0) is 24.3 Å². The molecular weight excluding hydrogens is 414 g/mol. The number of rotatable bonds is 5. The highest BCUT2D eigenvalue weighted by Crippen LogP contribution is 2.25. The van der Waals surface area contributed by atoms with E-state index in [1.165, 1.54) is 15.5 Å². The van der Waals surface area contributed by atoms with Crippen molar-refractivity contribution in [2.45, 2.75) is 6.54 Å². The van der Waals surface area contributed by atoms with Gasteiger partial charge in [-0.25, -0.2) is 9.67 Å². The van der Waals surface area contributed by atoms with Gasteiger partial charge in [-0.2, -0.15) is 5.10 Å². The summed E-state index contributed by atoms with van der Waals surface area (Å²) in [6.45, 7) is 0.285. The molecule has 0 aliphatic rings. The highest BCUT2D eigenvalue weighted by Gasteiger charge is 2.20. The maximum atomic E-state index is 13.2. The second-order valence-electron chi connectivity index (χ2n) is 7.72. The van der Waals surface area contributed by atoms with E-state index in [1.807, 2.05) is 71.5 Å². The lowest BCUT2D eigenvalue weighted by molar-refractivity contribution is 0.0783. The molecule has 5 aromatic rings. The molecule has 7 heteroatoms. The Morgan fingerprint density at radius 1 is 0.939 bits per heavy atom. The topological polar surface area (TPSA) is 72.5 Å². The minimum absolute atomic E-state index is 0.0258. The summed E-state index contributed by atoms with van der Waals surface area (Å²) in [6.07, 6.45) is 4.88. The van der Waals surface area contributed by atoms with Gasteiger partial charge in [0.1, 0.15) is 11.2 Å². The first kappa shape index (κ1) is 20.4. The molecule has 5 rings (SSSR count). The summed E-state index contributed by atoms with van der Waals surface area (Å²) >= 11 is 0. The molecule has 0 unspecified atom stereocenters. The first-order chi connectivity index (χ1) is 16.1. The molecule has 0 radical (unpaired) electrons. The van der Waals surface area contributed by atoms with Crippen molar-refractivity contribution in [1.29, 1.82) is 0 Å². The Balaban J connectivity index is 1.51. The number of carbonyl (C=O) groups is 1. The standard InChI is InChI=1S/C26H21N5O2/c1-29(25(32)22-16-27-23-14-8-9-15-30(23)26(22)33)17-20-18-31(21-12-6-3-7-13-21)28-24(20)19-10-4-2-5-11-19/h2-16,18H,17H2,1H3. The molecule has 3 aromatic heterocycles. The summed E-state index contributed by atoms with van der Waals surface area (Å²) < 4.78 is 3.19. The molecule has 162 valence electrons. The maximum absolute atomic E-state index is 13.2. The van der Waals surface area contributed by atoms with E-state index >= 15 is 0 Å². The lowest BCUT2D eigenvalue weighted by Gasteiger charge is -2.17. The van der Waals surface area contributed by atoms with Gasteiger partial charge >= 0.3 is 0 Å². The lowest BCUT2D eigenvalue weighted by Crippen LogP contribution is -2.33. The van der Waals surface area contributed by atoms with Crippen LogP contribution in [0, 0.1) is 0 Å². The SMILES string of the molecule is CN(Cc1cn(-c2ccccc2)nc1-c1ccccc1)C(=O)c1cnc2ccccn2c1=O. The minimum atomic E-state index is -0.391. The summed E-state index contributed by atoms with van der Waals surface area (Å²) in [6, 6.07) is 24.9. The van der Waals surface area contributed by atoms with Gasteiger partial charge in [-0.3, -0.25) is 14.0 Å². The smallest absolute Gasteiger partial charge is 0.270 e. The third kappa shape index (κ3) is 3.92. The third-order valence-electron chi connectivity index (χ3n) is 5.46. The van der Waals surface area contributed by atoms with Crippen molar-refractivity contribution in [3.63, 3.8) is 0 Å². The van der Waals surface area contributed by atoms with Crippen LogP contribution in [0.25, 0.3) is 22.6 Å². The van der Waals surface area contributed by atoms with Crippen LogP contribution in [0.4, 0.5) is 0 Å². The van der Waals surface area contributed by atoms with Crippen LogP contribution >= 0.6 is 0 Å². The highest BCUT2D eigenvalue weighted by atomic mass is 16.2. The van der Waals surface area contributed by atoms with Crippen molar-refractivity contribution in [3.8, 4) is 16.9 Å². The van der Waals surface area contributed by atoms with Gasteiger partial charge in [0.25, 0.3) is 11.5 Å². The Kier molecular flexibility index (Phi) is 5.28. The average Bonchev–Trinajstić information content (AvgIpc) is 3.29. The average molecular weight is 435 g/mol. The predicted molar refractivity (Wildman–Crippen MR) is 126 cm³/mol. The zero-order valence-electron chi connectivity index (χ0n) is 18.0. The number of amides is 1. The van der Waals surface area contributed by atoms with E-state index in [1.54, 1.807) is 31.4 Å². The Labute approximate surface area is 190 Å². The fraction of sp³-hybridized carbons (Fsp3) is 0.0769. The Morgan fingerprint density at radius 2 is 1.64 bits per heavy atom. The molecule has 0 saturated carbocycles. The summed E-state index contributed by atoms with van der Waals surface area (Å²) in [4.78, 5) is 31.8. The lowest BCUT2D eigenvalue weighted by atomic mass is 10.1. The summed E-state index contributed by atoms with van der Waals surface area (Å²) in [5, 5.41) is 4.79. The molecule has 0 saturated heterocycles. The maximum Gasteiger partial charge on any atom is 0.270 e. The molecule has 1 amide bonds. The molecule has 0 N–H and O–H groups in total. The van der Waals surface area contributed by atoms with Crippen molar-refractivity contribution in [2.75, 3.05) is 7.05 Å². The van der Waals surface area contributed by atoms with Crippen LogP contribution in [0.15, 0.2) is 102 Å². The second kappa shape index (κ2) is 8.55. The normalized spacial score (nSPS) is 10.9. The fourth-order valence-corrected chi connectivity index (χ4v) is 3.78. The van der Waals surface area contributed by atoms with Crippen LogP contribution in [0.3, 0.4) is 0 Å². The minimum Gasteiger partial charge on any atom is -0.337 e. The molecule has 0 aliphatic heterocycles. The predicted octanol–water partition coefficient (Wildman–Crippen LogP) is 3.82. The number of aromatic nitrogens is 4. The number of pyridine rings is 1. The summed E-state index contributed by atoms with van der Waals surface area (Å²) in [5.74, 6) is -0.391. The number of hydrogen-bond acceptors (Lipinski definition) is 4. The van der Waals surface area contributed by atoms with Crippen molar-refractivity contribution < 1.29 is 4.79 Å². The van der Waals surface area contributed by atoms with Crippen molar-refractivity contribution in [3.05, 3.63) is 119 Å². The second-order valence-corrected chi connectivity index (χ2v) is 7.72. The van der Waals surface area contributed by atoms with Gasteiger partial charge in [0.15, 0.2) is 0 Å².